The Balaban J connectivity index is 2.21. The molecule has 0 fully saturated rings. The number of aromatic nitrogens is 3. The van der Waals surface area contributed by atoms with Gasteiger partial charge in [-0.15, -0.1) is 0 Å². The van der Waals surface area contributed by atoms with Crippen LogP contribution in [0, 0.1) is 18.8 Å². The van der Waals surface area contributed by atoms with Crippen molar-refractivity contribution in [2.45, 2.75) is 53.6 Å². The van der Waals surface area contributed by atoms with Crippen LogP contribution in [0.25, 0.3) is 0 Å². The minimum absolute atomic E-state index is 0.0553. The fourth-order valence-corrected chi connectivity index (χ4v) is 4.01. The van der Waals surface area contributed by atoms with Crippen LogP contribution in [-0.2, 0) is 17.8 Å². The van der Waals surface area contributed by atoms with E-state index in [1.165, 1.54) is 18.4 Å². The maximum absolute atomic E-state index is 13.5. The van der Waals surface area contributed by atoms with Gasteiger partial charge in [-0.05, 0) is 56.4 Å². The molecule has 8 nitrogen and oxygen atoms in total. The molecular formula is C26H31ClN4O4. The highest BCUT2D eigenvalue weighted by molar-refractivity contribution is 6.31. The highest BCUT2D eigenvalue weighted by Gasteiger charge is 2.25. The molecule has 0 unspecified atom stereocenters. The molecule has 3 aromatic rings. The fraction of sp³-hybridized carbons (Fsp3) is 0.385. The Morgan fingerprint density at radius 1 is 1.09 bits per heavy atom. The monoisotopic (exact) mass is 498 g/mol. The summed E-state index contributed by atoms with van der Waals surface area (Å²) in [5.41, 5.74) is 2.07. The zero-order chi connectivity index (χ0) is 25.9. The van der Waals surface area contributed by atoms with Gasteiger partial charge < -0.3 is 5.11 Å². The molecule has 0 saturated carbocycles. The van der Waals surface area contributed by atoms with Crippen LogP contribution in [0.3, 0.4) is 0 Å². The number of nitrogens with one attached hydrogen (secondary N) is 1. The van der Waals surface area contributed by atoms with E-state index in [1.807, 2.05) is 37.3 Å². The van der Waals surface area contributed by atoms with Crippen LogP contribution in [0.2, 0.25) is 5.02 Å². The number of aromatic amines is 1. The summed E-state index contributed by atoms with van der Waals surface area (Å²) in [6, 6.07) is 12.2. The quantitative estimate of drug-likeness (QED) is 0.488. The Morgan fingerprint density at radius 2 is 1.74 bits per heavy atom. The maximum atomic E-state index is 13.5. The molecule has 9 heteroatoms. The molecule has 0 bridgehead atoms. The summed E-state index contributed by atoms with van der Waals surface area (Å²) in [6.45, 7) is 9.31. The standard InChI is InChI=1S/C26H31ClN4O4/c1-15(2)12-20-10-11-21(13-22(20)27)28-24-29-25(34)31(18(5)17(4)23(32)33)26(35)30(24)14-19-8-6-16(3)7-9-19/h6-11,13,15,17-18H,12,14H2,1-5H3,(H,32,33)(H,28,29,34)/t17-,18+/m0/s1. The van der Waals surface area contributed by atoms with Crippen molar-refractivity contribution in [2.24, 2.45) is 16.8 Å². The van der Waals surface area contributed by atoms with Gasteiger partial charge in [0.15, 0.2) is 0 Å². The van der Waals surface area contributed by atoms with Crippen molar-refractivity contribution in [3.63, 3.8) is 0 Å². The SMILES string of the molecule is Cc1ccc(Cn2c(=O)n([C@H](C)[C@H](C)C(=O)O)c(=O)[nH]/c2=N\c2ccc(CC(C)C)c(Cl)c2)cc1. The summed E-state index contributed by atoms with van der Waals surface area (Å²) in [5.74, 6) is -1.61. The Hall–Kier alpha value is -3.39. The van der Waals surface area contributed by atoms with Crippen molar-refractivity contribution in [3.8, 4) is 0 Å². The number of rotatable bonds is 8. The molecule has 0 amide bonds. The van der Waals surface area contributed by atoms with Crippen molar-refractivity contribution in [2.75, 3.05) is 0 Å². The number of carboxylic acid groups (broad SMARTS) is 1. The first-order valence-corrected chi connectivity index (χ1v) is 11.9. The smallest absolute Gasteiger partial charge is 0.335 e. The number of carbonyl (C=O) groups is 1. The lowest BCUT2D eigenvalue weighted by Gasteiger charge is -2.19. The van der Waals surface area contributed by atoms with Crippen molar-refractivity contribution >= 4 is 23.3 Å². The van der Waals surface area contributed by atoms with E-state index >= 15 is 0 Å². The summed E-state index contributed by atoms with van der Waals surface area (Å²) in [4.78, 5) is 45.2. The lowest BCUT2D eigenvalue weighted by molar-refractivity contribution is -0.142. The third-order valence-electron chi connectivity index (χ3n) is 6.01. The number of aliphatic carboxylic acids is 1. The minimum Gasteiger partial charge on any atom is -0.481 e. The second-order valence-corrected chi connectivity index (χ2v) is 9.74. The predicted octanol–water partition coefficient (Wildman–Crippen LogP) is 4.06. The number of aryl methyl sites for hydroxylation is 1. The fourth-order valence-electron chi connectivity index (χ4n) is 3.76. The van der Waals surface area contributed by atoms with Gasteiger partial charge in [-0.1, -0.05) is 61.3 Å². The van der Waals surface area contributed by atoms with Crippen molar-refractivity contribution < 1.29 is 9.90 Å². The minimum atomic E-state index is -1.10. The van der Waals surface area contributed by atoms with Crippen LogP contribution in [0.15, 0.2) is 57.0 Å². The molecule has 3 rings (SSSR count). The topological polar surface area (TPSA) is 109 Å². The van der Waals surface area contributed by atoms with Gasteiger partial charge in [0.1, 0.15) is 0 Å². The average molecular weight is 499 g/mol. The van der Waals surface area contributed by atoms with Gasteiger partial charge >= 0.3 is 17.3 Å². The number of hydrogen-bond donors (Lipinski definition) is 2. The molecule has 2 aromatic carbocycles. The Bertz CT molecular complexity index is 1400. The number of nitrogens with zero attached hydrogens (tertiary/aromatic N) is 3. The van der Waals surface area contributed by atoms with Crippen LogP contribution in [0.1, 0.15) is 50.4 Å². The normalized spacial score (nSPS) is 13.7. The number of H-pyrrole nitrogens is 1. The molecule has 0 spiro atoms. The Morgan fingerprint density at radius 3 is 2.31 bits per heavy atom. The van der Waals surface area contributed by atoms with Gasteiger partial charge in [-0.2, -0.15) is 0 Å². The number of hydrogen-bond acceptors (Lipinski definition) is 4. The molecule has 1 heterocycles. The highest BCUT2D eigenvalue weighted by atomic mass is 35.5. The van der Waals surface area contributed by atoms with Gasteiger partial charge in [-0.3, -0.25) is 14.3 Å². The lowest BCUT2D eigenvalue weighted by Crippen LogP contribution is -2.52. The van der Waals surface area contributed by atoms with Crippen molar-refractivity contribution in [3.05, 3.63) is 90.8 Å². The molecule has 2 atom stereocenters. The highest BCUT2D eigenvalue weighted by Crippen LogP contribution is 2.24. The van der Waals surface area contributed by atoms with E-state index in [0.717, 1.165) is 27.7 Å². The summed E-state index contributed by atoms with van der Waals surface area (Å²) >= 11 is 6.46. The van der Waals surface area contributed by atoms with Gasteiger partial charge in [0.25, 0.3) is 0 Å². The molecule has 0 saturated heterocycles. The molecular weight excluding hydrogens is 468 g/mol. The first kappa shape index (κ1) is 26.2. The van der Waals surface area contributed by atoms with Gasteiger partial charge in [0.05, 0.1) is 24.2 Å². The molecule has 0 aliphatic heterocycles. The Kier molecular flexibility index (Phi) is 8.17. The molecule has 0 aliphatic rings. The second-order valence-electron chi connectivity index (χ2n) is 9.33. The van der Waals surface area contributed by atoms with E-state index < -0.39 is 29.3 Å². The third kappa shape index (κ3) is 6.19. The predicted molar refractivity (Wildman–Crippen MR) is 136 cm³/mol. The van der Waals surface area contributed by atoms with Crippen LogP contribution in [0.4, 0.5) is 5.69 Å². The summed E-state index contributed by atoms with van der Waals surface area (Å²) < 4.78 is 2.28. The summed E-state index contributed by atoms with van der Waals surface area (Å²) in [7, 11) is 0. The van der Waals surface area contributed by atoms with Crippen LogP contribution < -0.4 is 17.0 Å². The first-order valence-electron chi connectivity index (χ1n) is 11.5. The molecule has 186 valence electrons. The molecule has 1 aromatic heterocycles. The van der Waals surface area contributed by atoms with E-state index in [0.29, 0.717) is 16.6 Å². The zero-order valence-electron chi connectivity index (χ0n) is 20.6. The molecule has 0 aliphatic carbocycles. The van der Waals surface area contributed by atoms with Crippen LogP contribution in [0.5, 0.6) is 0 Å². The maximum Gasteiger partial charge on any atom is 0.335 e. The molecule has 0 radical (unpaired) electrons. The summed E-state index contributed by atoms with van der Waals surface area (Å²) in [5, 5.41) is 9.97. The summed E-state index contributed by atoms with van der Waals surface area (Å²) in [6.07, 6.45) is 0.819. The number of carboxylic acids is 1. The van der Waals surface area contributed by atoms with Crippen LogP contribution >= 0.6 is 11.6 Å². The van der Waals surface area contributed by atoms with Gasteiger partial charge in [0, 0.05) is 5.02 Å². The molecule has 35 heavy (non-hydrogen) atoms. The van der Waals surface area contributed by atoms with Gasteiger partial charge in [-0.25, -0.2) is 19.1 Å². The van der Waals surface area contributed by atoms with E-state index in [-0.39, 0.29) is 12.2 Å². The molecule has 2 N–H and O–H groups in total. The largest absolute Gasteiger partial charge is 0.481 e. The van der Waals surface area contributed by atoms with Gasteiger partial charge in [0.2, 0.25) is 5.62 Å². The van der Waals surface area contributed by atoms with E-state index in [9.17, 15) is 19.5 Å². The third-order valence-corrected chi connectivity index (χ3v) is 6.36. The second kappa shape index (κ2) is 10.9. The lowest BCUT2D eigenvalue weighted by atomic mass is 10.0. The average Bonchev–Trinajstić information content (AvgIpc) is 2.78. The first-order chi connectivity index (χ1) is 16.5. The van der Waals surface area contributed by atoms with Crippen molar-refractivity contribution in [1.29, 1.82) is 0 Å². The zero-order valence-corrected chi connectivity index (χ0v) is 21.3. The number of benzene rings is 2. The van der Waals surface area contributed by atoms with Crippen molar-refractivity contribution in [1.82, 2.24) is 14.1 Å². The van der Waals surface area contributed by atoms with E-state index in [1.54, 1.807) is 12.1 Å². The van der Waals surface area contributed by atoms with E-state index in [2.05, 4.69) is 23.8 Å². The van der Waals surface area contributed by atoms with Crippen LogP contribution in [-0.4, -0.2) is 25.2 Å². The Labute approximate surface area is 208 Å². The van der Waals surface area contributed by atoms with E-state index in [4.69, 9.17) is 11.6 Å². The number of halogens is 1.